The zero-order chi connectivity index (χ0) is 31.2. The quantitative estimate of drug-likeness (QED) is 0.448. The summed E-state index contributed by atoms with van der Waals surface area (Å²) in [5, 5.41) is 0. The summed E-state index contributed by atoms with van der Waals surface area (Å²) in [6, 6.07) is 14.0. The molecule has 2 aliphatic rings. The first-order valence-electron chi connectivity index (χ1n) is 14.3. The molecule has 2 aliphatic heterocycles. The van der Waals surface area contributed by atoms with Crippen LogP contribution < -0.4 is 10.2 Å². The average Bonchev–Trinajstić information content (AvgIpc) is 3.00. The second-order valence-corrected chi connectivity index (χ2v) is 13.5. The Kier molecular flexibility index (Phi) is 10.3. The summed E-state index contributed by atoms with van der Waals surface area (Å²) >= 11 is 0. The Morgan fingerprint density at radius 1 is 0.907 bits per heavy atom. The smallest absolute Gasteiger partial charge is 0.410 e. The molecule has 2 saturated heterocycles. The molecule has 0 radical (unpaired) electrons. The van der Waals surface area contributed by atoms with Crippen molar-refractivity contribution in [1.82, 2.24) is 19.6 Å². The van der Waals surface area contributed by atoms with Crippen LogP contribution in [-0.2, 0) is 35.8 Å². The average molecular weight is 617 g/mol. The maximum atomic E-state index is 13.7. The number of amides is 3. The van der Waals surface area contributed by atoms with Gasteiger partial charge in [0.15, 0.2) is 0 Å². The lowest BCUT2D eigenvalue weighted by atomic mass is 9.90. The van der Waals surface area contributed by atoms with E-state index in [1.807, 2.05) is 30.3 Å². The summed E-state index contributed by atoms with van der Waals surface area (Å²) in [7, 11) is -2.60. The molecule has 0 spiro atoms. The minimum atomic E-state index is -4.09. The lowest BCUT2D eigenvalue weighted by Crippen LogP contribution is -2.57. The number of ether oxygens (including phenoxy) is 2. The molecule has 2 aromatic carbocycles. The van der Waals surface area contributed by atoms with E-state index < -0.39 is 39.6 Å². The van der Waals surface area contributed by atoms with E-state index in [2.05, 4.69) is 5.48 Å². The highest BCUT2D eigenvalue weighted by Crippen LogP contribution is 2.31. The number of hydrogen-bond donors (Lipinski definition) is 1. The zero-order valence-electron chi connectivity index (χ0n) is 25.0. The van der Waals surface area contributed by atoms with Crippen LogP contribution in [0.15, 0.2) is 59.5 Å². The first kappa shape index (κ1) is 32.2. The Balaban J connectivity index is 1.46. The third-order valence-electron chi connectivity index (χ3n) is 7.37. The number of carbonyl (C=O) groups excluding carboxylic acids is 3. The largest absolute Gasteiger partial charge is 0.497 e. The first-order valence-corrected chi connectivity index (χ1v) is 15.7. The van der Waals surface area contributed by atoms with Crippen molar-refractivity contribution < 1.29 is 37.1 Å². The molecule has 2 fully saturated rings. The SMILES string of the molecule is COc1ccc(S(=O)(=O)N2CC[C@@H](C(=O)N3CCN(C(=O)OC(C)(C)C)CC3)C[C@@H]2C(=O)NOCc2ccccc2)cc1. The van der Waals surface area contributed by atoms with Crippen molar-refractivity contribution in [2.45, 2.75) is 56.8 Å². The molecule has 0 aliphatic carbocycles. The van der Waals surface area contributed by atoms with E-state index in [0.717, 1.165) is 9.87 Å². The van der Waals surface area contributed by atoms with Gasteiger partial charge in [-0.1, -0.05) is 30.3 Å². The summed E-state index contributed by atoms with van der Waals surface area (Å²) in [5.41, 5.74) is 2.61. The second kappa shape index (κ2) is 13.7. The Hall–Kier alpha value is -3.68. The van der Waals surface area contributed by atoms with Gasteiger partial charge in [0.25, 0.3) is 5.91 Å². The molecule has 0 aromatic heterocycles. The molecule has 12 nitrogen and oxygen atoms in total. The maximum absolute atomic E-state index is 13.7. The predicted octanol–water partition coefficient (Wildman–Crippen LogP) is 2.79. The van der Waals surface area contributed by atoms with Gasteiger partial charge in [0, 0.05) is 38.6 Å². The van der Waals surface area contributed by atoms with Gasteiger partial charge in [-0.15, -0.1) is 0 Å². The van der Waals surface area contributed by atoms with E-state index in [9.17, 15) is 22.8 Å². The summed E-state index contributed by atoms with van der Waals surface area (Å²) in [6.45, 7) is 6.74. The zero-order valence-corrected chi connectivity index (χ0v) is 25.8. The van der Waals surface area contributed by atoms with Gasteiger partial charge in [-0.25, -0.2) is 18.7 Å². The number of methoxy groups -OCH3 is 1. The number of hydroxylamine groups is 1. The fourth-order valence-corrected chi connectivity index (χ4v) is 6.72. The van der Waals surface area contributed by atoms with Crippen LogP contribution in [-0.4, -0.2) is 91.9 Å². The molecule has 0 bridgehead atoms. The fraction of sp³-hybridized carbons (Fsp3) is 0.500. The van der Waals surface area contributed by atoms with E-state index >= 15 is 0 Å². The predicted molar refractivity (Wildman–Crippen MR) is 157 cm³/mol. The minimum absolute atomic E-state index is 0.0129. The van der Waals surface area contributed by atoms with Gasteiger partial charge in [-0.2, -0.15) is 4.31 Å². The van der Waals surface area contributed by atoms with E-state index in [1.54, 1.807) is 30.6 Å². The third kappa shape index (κ3) is 8.24. The number of piperazine rings is 1. The number of sulfonamides is 1. The molecule has 2 heterocycles. The number of nitrogens with zero attached hydrogens (tertiary/aromatic N) is 3. The van der Waals surface area contributed by atoms with Crippen LogP contribution in [0.1, 0.15) is 39.2 Å². The second-order valence-electron chi connectivity index (χ2n) is 11.6. The van der Waals surface area contributed by atoms with Crippen molar-refractivity contribution in [1.29, 1.82) is 0 Å². The van der Waals surface area contributed by atoms with Gasteiger partial charge in [0.1, 0.15) is 17.4 Å². The molecule has 0 unspecified atom stereocenters. The van der Waals surface area contributed by atoms with Gasteiger partial charge in [-0.05, 0) is 63.4 Å². The molecule has 4 rings (SSSR count). The summed E-state index contributed by atoms with van der Waals surface area (Å²) in [5.74, 6) is -0.910. The van der Waals surface area contributed by atoms with Crippen LogP contribution in [0.3, 0.4) is 0 Å². The molecular formula is C30H40N4O8S. The summed E-state index contributed by atoms with van der Waals surface area (Å²) in [6.07, 6.45) is -0.195. The Labute approximate surface area is 252 Å². The van der Waals surface area contributed by atoms with Gasteiger partial charge in [-0.3, -0.25) is 14.4 Å². The van der Waals surface area contributed by atoms with Gasteiger partial charge < -0.3 is 19.3 Å². The van der Waals surface area contributed by atoms with Crippen LogP contribution in [0.2, 0.25) is 0 Å². The van der Waals surface area contributed by atoms with Crippen molar-refractivity contribution in [3.05, 3.63) is 60.2 Å². The molecule has 1 N–H and O–H groups in total. The van der Waals surface area contributed by atoms with Gasteiger partial charge in [0.2, 0.25) is 15.9 Å². The lowest BCUT2D eigenvalue weighted by Gasteiger charge is -2.40. The molecule has 13 heteroatoms. The van der Waals surface area contributed by atoms with Gasteiger partial charge >= 0.3 is 6.09 Å². The highest BCUT2D eigenvalue weighted by Gasteiger charge is 2.44. The third-order valence-corrected chi connectivity index (χ3v) is 9.29. The fourth-order valence-electron chi connectivity index (χ4n) is 5.10. The summed E-state index contributed by atoms with van der Waals surface area (Å²) < 4.78 is 39.1. The number of rotatable bonds is 8. The van der Waals surface area contributed by atoms with Crippen LogP contribution in [0.4, 0.5) is 4.79 Å². The molecule has 3 amide bonds. The molecule has 2 atom stereocenters. The van der Waals surface area contributed by atoms with Crippen molar-refractivity contribution in [3.8, 4) is 5.75 Å². The normalized spacial score (nSPS) is 19.9. The van der Waals surface area contributed by atoms with E-state index in [-0.39, 0.29) is 36.8 Å². The van der Waals surface area contributed by atoms with Crippen LogP contribution in [0, 0.1) is 5.92 Å². The number of hydrogen-bond acceptors (Lipinski definition) is 8. The number of benzene rings is 2. The van der Waals surface area contributed by atoms with Gasteiger partial charge in [0.05, 0.1) is 18.6 Å². The highest BCUT2D eigenvalue weighted by atomic mass is 32.2. The lowest BCUT2D eigenvalue weighted by molar-refractivity contribution is -0.144. The maximum Gasteiger partial charge on any atom is 0.410 e. The van der Waals surface area contributed by atoms with Crippen molar-refractivity contribution in [2.75, 3.05) is 39.8 Å². The van der Waals surface area contributed by atoms with E-state index in [1.165, 1.54) is 31.4 Å². The Bertz CT molecular complexity index is 1370. The van der Waals surface area contributed by atoms with Crippen molar-refractivity contribution in [2.24, 2.45) is 5.92 Å². The number of carbonyl (C=O) groups is 3. The van der Waals surface area contributed by atoms with Crippen molar-refractivity contribution in [3.63, 3.8) is 0 Å². The first-order chi connectivity index (χ1) is 20.4. The molecule has 0 saturated carbocycles. The van der Waals surface area contributed by atoms with Crippen LogP contribution >= 0.6 is 0 Å². The monoisotopic (exact) mass is 616 g/mol. The van der Waals surface area contributed by atoms with Crippen LogP contribution in [0.5, 0.6) is 5.75 Å². The Morgan fingerprint density at radius 3 is 2.14 bits per heavy atom. The highest BCUT2D eigenvalue weighted by molar-refractivity contribution is 7.89. The minimum Gasteiger partial charge on any atom is -0.497 e. The molecule has 43 heavy (non-hydrogen) atoms. The van der Waals surface area contributed by atoms with E-state index in [4.69, 9.17) is 14.3 Å². The molecular weight excluding hydrogens is 576 g/mol. The molecule has 2 aromatic rings. The topological polar surface area (TPSA) is 135 Å². The molecule has 234 valence electrons. The number of piperidine rings is 1. The standard InChI is InChI=1S/C30H40N4O8S/c1-30(2,3)42-29(37)33-18-16-32(17-19-33)28(36)23-14-15-34(43(38,39)25-12-10-24(40-4)11-13-25)26(20-23)27(35)31-41-21-22-8-6-5-7-9-22/h5-13,23,26H,14-21H2,1-4H3,(H,31,35)/t23-,26-/m1/s1. The van der Waals surface area contributed by atoms with Crippen LogP contribution in [0.25, 0.3) is 0 Å². The van der Waals surface area contributed by atoms with Crippen molar-refractivity contribution >= 4 is 27.9 Å². The number of nitrogens with one attached hydrogen (secondary N) is 1. The van der Waals surface area contributed by atoms with E-state index in [0.29, 0.717) is 31.9 Å². The Morgan fingerprint density at radius 2 is 1.53 bits per heavy atom. The summed E-state index contributed by atoms with van der Waals surface area (Å²) in [4.78, 5) is 48.1.